The van der Waals surface area contributed by atoms with E-state index in [2.05, 4.69) is 21.2 Å². The molecule has 0 amide bonds. The van der Waals surface area contributed by atoms with Crippen LogP contribution in [0.15, 0.2) is 10.5 Å². The average Bonchev–Trinajstić information content (AvgIpc) is 2.46. The molecule has 1 aromatic carbocycles. The summed E-state index contributed by atoms with van der Waals surface area (Å²) in [4.78, 5) is 0. The van der Waals surface area contributed by atoms with Crippen molar-refractivity contribution in [3.8, 4) is 17.2 Å². The van der Waals surface area contributed by atoms with Crippen molar-refractivity contribution < 1.29 is 18.9 Å². The van der Waals surface area contributed by atoms with Gasteiger partial charge in [0.15, 0.2) is 11.5 Å². The lowest BCUT2D eigenvalue weighted by atomic mass is 10.1. The molecule has 1 aromatic rings. The van der Waals surface area contributed by atoms with E-state index in [1.807, 2.05) is 6.07 Å². The van der Waals surface area contributed by atoms with Crippen LogP contribution in [0.5, 0.6) is 17.2 Å². The fourth-order valence-corrected chi connectivity index (χ4v) is 2.97. The number of hydrogen-bond acceptors (Lipinski definition) is 5. The number of nitrogens with one attached hydrogen (secondary N) is 1. The van der Waals surface area contributed by atoms with Gasteiger partial charge in [0.25, 0.3) is 0 Å². The second kappa shape index (κ2) is 6.45. The maximum Gasteiger partial charge on any atom is 0.175 e. The van der Waals surface area contributed by atoms with Gasteiger partial charge in [-0.2, -0.15) is 0 Å². The van der Waals surface area contributed by atoms with Crippen LogP contribution in [0.1, 0.15) is 11.7 Å². The van der Waals surface area contributed by atoms with E-state index in [9.17, 15) is 0 Å². The van der Waals surface area contributed by atoms with E-state index in [1.54, 1.807) is 21.3 Å². The van der Waals surface area contributed by atoms with Gasteiger partial charge < -0.3 is 24.3 Å². The van der Waals surface area contributed by atoms with Gasteiger partial charge in [0.1, 0.15) is 5.75 Å². The quantitative estimate of drug-likeness (QED) is 0.915. The highest BCUT2D eigenvalue weighted by Gasteiger charge is 2.27. The molecule has 1 aliphatic rings. The molecule has 106 valence electrons. The molecule has 1 fully saturated rings. The Hall–Kier alpha value is -0.980. The molecule has 0 aromatic heterocycles. The predicted molar refractivity (Wildman–Crippen MR) is 75.4 cm³/mol. The predicted octanol–water partition coefficient (Wildman–Crippen LogP) is 2.14. The van der Waals surface area contributed by atoms with Crippen LogP contribution in [0, 0.1) is 0 Å². The number of benzene rings is 1. The summed E-state index contributed by atoms with van der Waals surface area (Å²) in [6.07, 6.45) is -0.0714. The van der Waals surface area contributed by atoms with Gasteiger partial charge in [-0.1, -0.05) is 0 Å². The highest BCUT2D eigenvalue weighted by Crippen LogP contribution is 2.46. The zero-order valence-electron chi connectivity index (χ0n) is 11.3. The fourth-order valence-electron chi connectivity index (χ4n) is 2.16. The molecule has 2 rings (SSSR count). The third-order valence-electron chi connectivity index (χ3n) is 3.08. The van der Waals surface area contributed by atoms with Gasteiger partial charge in [-0.15, -0.1) is 0 Å². The molecule has 0 spiro atoms. The van der Waals surface area contributed by atoms with Crippen molar-refractivity contribution in [1.82, 2.24) is 5.32 Å². The monoisotopic (exact) mass is 331 g/mol. The first-order chi connectivity index (χ1) is 9.22. The Morgan fingerprint density at radius 2 is 1.95 bits per heavy atom. The second-order valence-electron chi connectivity index (χ2n) is 4.11. The molecule has 19 heavy (non-hydrogen) atoms. The summed E-state index contributed by atoms with van der Waals surface area (Å²) in [5.74, 6) is 1.99. The van der Waals surface area contributed by atoms with Crippen molar-refractivity contribution in [2.75, 3.05) is 41.0 Å². The molecule has 6 heteroatoms. The maximum absolute atomic E-state index is 5.79. The Morgan fingerprint density at radius 1 is 1.21 bits per heavy atom. The minimum absolute atomic E-state index is 0.0714. The van der Waals surface area contributed by atoms with Crippen LogP contribution >= 0.6 is 15.9 Å². The van der Waals surface area contributed by atoms with E-state index in [0.717, 1.165) is 28.9 Å². The van der Waals surface area contributed by atoms with Crippen LogP contribution in [-0.4, -0.2) is 41.0 Å². The Balaban J connectivity index is 2.50. The first-order valence-electron chi connectivity index (χ1n) is 6.03. The molecule has 1 unspecified atom stereocenters. The molecule has 0 saturated carbocycles. The average molecular weight is 332 g/mol. The van der Waals surface area contributed by atoms with E-state index in [4.69, 9.17) is 18.9 Å². The molecule has 1 atom stereocenters. The highest BCUT2D eigenvalue weighted by molar-refractivity contribution is 9.10. The minimum Gasteiger partial charge on any atom is -0.496 e. The summed E-state index contributed by atoms with van der Waals surface area (Å²) >= 11 is 3.57. The van der Waals surface area contributed by atoms with Gasteiger partial charge in [-0.25, -0.2) is 0 Å². The number of ether oxygens (including phenoxy) is 4. The standard InChI is InChI=1S/C13H18BrNO4/c1-16-8-6-9(17-2)13(18-3)12(14)11(8)10-7-15-4-5-19-10/h6,10,15H,4-5,7H2,1-3H3. The molecule has 0 bridgehead atoms. The Bertz CT molecular complexity index is 447. The van der Waals surface area contributed by atoms with E-state index in [1.165, 1.54) is 0 Å². The Morgan fingerprint density at radius 3 is 2.47 bits per heavy atom. The first kappa shape index (κ1) is 14.4. The first-order valence-corrected chi connectivity index (χ1v) is 6.82. The molecule has 1 aliphatic heterocycles. The summed E-state index contributed by atoms with van der Waals surface area (Å²) in [6, 6.07) is 1.82. The lowest BCUT2D eigenvalue weighted by Gasteiger charge is -2.27. The fraction of sp³-hybridized carbons (Fsp3) is 0.538. The van der Waals surface area contributed by atoms with Crippen LogP contribution in [0.3, 0.4) is 0 Å². The van der Waals surface area contributed by atoms with Crippen LogP contribution in [0.4, 0.5) is 0 Å². The van der Waals surface area contributed by atoms with Crippen LogP contribution in [0.2, 0.25) is 0 Å². The normalized spacial score (nSPS) is 19.1. The topological polar surface area (TPSA) is 49.0 Å². The zero-order chi connectivity index (χ0) is 13.8. The summed E-state index contributed by atoms with van der Waals surface area (Å²) in [6.45, 7) is 2.28. The molecule has 1 heterocycles. The molecule has 1 saturated heterocycles. The summed E-state index contributed by atoms with van der Waals surface area (Å²) in [5, 5.41) is 3.30. The molecule has 5 nitrogen and oxygen atoms in total. The van der Waals surface area contributed by atoms with Crippen molar-refractivity contribution in [2.45, 2.75) is 6.10 Å². The van der Waals surface area contributed by atoms with Gasteiger partial charge in [0, 0.05) is 24.7 Å². The van der Waals surface area contributed by atoms with E-state index in [-0.39, 0.29) is 6.10 Å². The second-order valence-corrected chi connectivity index (χ2v) is 4.90. The van der Waals surface area contributed by atoms with Crippen molar-refractivity contribution >= 4 is 15.9 Å². The van der Waals surface area contributed by atoms with E-state index in [0.29, 0.717) is 18.1 Å². The van der Waals surface area contributed by atoms with Crippen LogP contribution in [0.25, 0.3) is 0 Å². The SMILES string of the molecule is COc1cc(OC)c(C2CNCCO2)c(Br)c1OC. The lowest BCUT2D eigenvalue weighted by Crippen LogP contribution is -2.33. The smallest absolute Gasteiger partial charge is 0.175 e. The molecule has 1 N–H and O–H groups in total. The van der Waals surface area contributed by atoms with E-state index >= 15 is 0 Å². The van der Waals surface area contributed by atoms with Gasteiger partial charge in [0.05, 0.1) is 38.5 Å². The van der Waals surface area contributed by atoms with Gasteiger partial charge in [-0.05, 0) is 15.9 Å². The van der Waals surface area contributed by atoms with Crippen LogP contribution in [-0.2, 0) is 4.74 Å². The third kappa shape index (κ3) is 2.80. The number of hydrogen-bond donors (Lipinski definition) is 1. The van der Waals surface area contributed by atoms with Crippen molar-refractivity contribution in [3.05, 3.63) is 16.1 Å². The largest absolute Gasteiger partial charge is 0.496 e. The molecule has 0 radical (unpaired) electrons. The van der Waals surface area contributed by atoms with Crippen molar-refractivity contribution in [1.29, 1.82) is 0 Å². The minimum atomic E-state index is -0.0714. The van der Waals surface area contributed by atoms with Crippen LogP contribution < -0.4 is 19.5 Å². The summed E-state index contributed by atoms with van der Waals surface area (Å²) in [7, 11) is 4.84. The third-order valence-corrected chi connectivity index (χ3v) is 3.87. The van der Waals surface area contributed by atoms with Gasteiger partial charge in [0.2, 0.25) is 0 Å². The van der Waals surface area contributed by atoms with Gasteiger partial charge >= 0.3 is 0 Å². The summed E-state index contributed by atoms with van der Waals surface area (Å²) < 4.78 is 22.7. The van der Waals surface area contributed by atoms with E-state index < -0.39 is 0 Å². The number of methoxy groups -OCH3 is 3. The molecular weight excluding hydrogens is 314 g/mol. The number of morpholine rings is 1. The van der Waals surface area contributed by atoms with Gasteiger partial charge in [-0.3, -0.25) is 0 Å². The van der Waals surface area contributed by atoms with Crippen molar-refractivity contribution in [2.24, 2.45) is 0 Å². The summed E-state index contributed by atoms with van der Waals surface area (Å²) in [5.41, 5.74) is 0.937. The highest BCUT2D eigenvalue weighted by atomic mass is 79.9. The molecule has 0 aliphatic carbocycles. The maximum atomic E-state index is 5.79. The number of halogens is 1. The molecular formula is C13H18BrNO4. The van der Waals surface area contributed by atoms with Crippen molar-refractivity contribution in [3.63, 3.8) is 0 Å². The number of rotatable bonds is 4. The lowest BCUT2D eigenvalue weighted by molar-refractivity contribution is 0.0256. The Labute approximate surface area is 121 Å². The zero-order valence-corrected chi connectivity index (χ0v) is 12.9. The Kier molecular flexibility index (Phi) is 4.90.